The maximum absolute atomic E-state index is 10.1. The second-order valence-corrected chi connectivity index (χ2v) is 2.08. The van der Waals surface area contributed by atoms with Gasteiger partial charge in [-0.15, -0.1) is 0 Å². The van der Waals surface area contributed by atoms with E-state index in [4.69, 9.17) is 9.62 Å². The van der Waals surface area contributed by atoms with Gasteiger partial charge in [0.05, 0.1) is 6.07 Å². The quantitative estimate of drug-likeness (QED) is 0.314. The van der Waals surface area contributed by atoms with E-state index in [1.807, 2.05) is 0 Å². The van der Waals surface area contributed by atoms with Crippen LogP contribution in [0.2, 0.25) is 0 Å². The lowest BCUT2D eigenvalue weighted by Crippen LogP contribution is -1.90. The van der Waals surface area contributed by atoms with Crippen LogP contribution in [0.15, 0.2) is 21.7 Å². The first kappa shape index (κ1) is 8.25. The Morgan fingerprint density at radius 1 is 1.75 bits per heavy atom. The minimum absolute atomic E-state index is 0.184. The van der Waals surface area contributed by atoms with Crippen LogP contribution in [0, 0.1) is 10.1 Å². The molecule has 0 spiro atoms. The van der Waals surface area contributed by atoms with E-state index in [0.717, 1.165) is 0 Å². The van der Waals surface area contributed by atoms with Crippen LogP contribution in [-0.4, -0.2) is 15.8 Å². The Morgan fingerprint density at radius 2 is 2.42 bits per heavy atom. The third kappa shape index (κ3) is 1.42. The van der Waals surface area contributed by atoms with Crippen molar-refractivity contribution in [2.45, 2.75) is 6.92 Å². The third-order valence-electron chi connectivity index (χ3n) is 1.28. The van der Waals surface area contributed by atoms with E-state index in [2.05, 4.69) is 5.16 Å². The molecule has 1 heterocycles. The molecular formula is C6H6N2O4. The summed E-state index contributed by atoms with van der Waals surface area (Å²) in [7, 11) is 0. The molecular weight excluding hydrogens is 164 g/mol. The Morgan fingerprint density at radius 3 is 2.83 bits per heavy atom. The molecule has 0 saturated heterocycles. The number of nitro groups is 1. The molecule has 0 fully saturated rings. The van der Waals surface area contributed by atoms with Crippen molar-refractivity contribution in [2.75, 3.05) is 0 Å². The molecule has 1 rings (SSSR count). The summed E-state index contributed by atoms with van der Waals surface area (Å²) in [6.45, 7) is 1.47. The van der Waals surface area contributed by atoms with Crippen molar-refractivity contribution >= 4 is 11.6 Å². The topological polar surface area (TPSA) is 88.9 Å². The molecule has 0 bridgehead atoms. The lowest BCUT2D eigenvalue weighted by atomic mass is 10.3. The van der Waals surface area contributed by atoms with Crippen LogP contribution in [0.3, 0.4) is 0 Å². The van der Waals surface area contributed by atoms with Gasteiger partial charge in [-0.3, -0.25) is 10.1 Å². The zero-order valence-corrected chi connectivity index (χ0v) is 6.22. The predicted molar refractivity (Wildman–Crippen MR) is 39.4 cm³/mol. The molecule has 64 valence electrons. The van der Waals surface area contributed by atoms with Crippen molar-refractivity contribution in [3.63, 3.8) is 0 Å². The average molecular weight is 170 g/mol. The maximum Gasteiger partial charge on any atom is 0.433 e. The van der Waals surface area contributed by atoms with Crippen molar-refractivity contribution in [3.8, 4) is 0 Å². The van der Waals surface area contributed by atoms with E-state index in [1.54, 1.807) is 0 Å². The Labute approximate surface area is 67.3 Å². The Bertz CT molecular complexity index is 328. The molecule has 1 N–H and O–H groups in total. The molecule has 0 amide bonds. The van der Waals surface area contributed by atoms with E-state index >= 15 is 0 Å². The fourth-order valence-electron chi connectivity index (χ4n) is 0.670. The highest BCUT2D eigenvalue weighted by Crippen LogP contribution is 2.15. The number of furan rings is 1. The van der Waals surface area contributed by atoms with Crippen LogP contribution >= 0.6 is 0 Å². The Balaban J connectivity index is 2.99. The molecule has 0 aliphatic heterocycles. The molecule has 0 aromatic carbocycles. The molecule has 1 aromatic heterocycles. The summed E-state index contributed by atoms with van der Waals surface area (Å²) in [6.07, 6.45) is 0. The second-order valence-electron chi connectivity index (χ2n) is 2.08. The van der Waals surface area contributed by atoms with Crippen LogP contribution in [0.25, 0.3) is 0 Å². The molecule has 6 heteroatoms. The van der Waals surface area contributed by atoms with E-state index in [9.17, 15) is 10.1 Å². The number of oxime groups is 1. The van der Waals surface area contributed by atoms with Gasteiger partial charge in [-0.05, 0) is 13.0 Å². The standard InChI is InChI=1S/C6H6N2O4/c1-4(7-9)5-2-3-6(12-5)8(10)11/h2-3,9H,1H3/b7-4+. The predicted octanol–water partition coefficient (Wildman–Crippen LogP) is 1.39. The van der Waals surface area contributed by atoms with Crippen LogP contribution < -0.4 is 0 Å². The lowest BCUT2D eigenvalue weighted by Gasteiger charge is -1.87. The third-order valence-corrected chi connectivity index (χ3v) is 1.28. The smallest absolute Gasteiger partial charge is 0.411 e. The van der Waals surface area contributed by atoms with Crippen molar-refractivity contribution in [1.29, 1.82) is 0 Å². The molecule has 0 saturated carbocycles. The van der Waals surface area contributed by atoms with Crippen molar-refractivity contribution in [1.82, 2.24) is 0 Å². The van der Waals surface area contributed by atoms with E-state index < -0.39 is 4.92 Å². The molecule has 1 aromatic rings. The van der Waals surface area contributed by atoms with Gasteiger partial charge in [-0.25, -0.2) is 0 Å². The molecule has 6 nitrogen and oxygen atoms in total. The number of rotatable bonds is 2. The summed E-state index contributed by atoms with van der Waals surface area (Å²) >= 11 is 0. The fourth-order valence-corrected chi connectivity index (χ4v) is 0.670. The first-order valence-corrected chi connectivity index (χ1v) is 3.08. The van der Waals surface area contributed by atoms with Crippen LogP contribution in [0.1, 0.15) is 12.7 Å². The Hall–Kier alpha value is -1.85. The van der Waals surface area contributed by atoms with E-state index in [-0.39, 0.29) is 17.4 Å². The van der Waals surface area contributed by atoms with Gasteiger partial charge >= 0.3 is 5.88 Å². The highest BCUT2D eigenvalue weighted by atomic mass is 16.6. The van der Waals surface area contributed by atoms with Gasteiger partial charge in [-0.1, -0.05) is 5.16 Å². The van der Waals surface area contributed by atoms with Gasteiger partial charge in [0.25, 0.3) is 0 Å². The highest BCUT2D eigenvalue weighted by Gasteiger charge is 2.13. The van der Waals surface area contributed by atoms with Crippen molar-refractivity contribution in [2.24, 2.45) is 5.16 Å². The highest BCUT2D eigenvalue weighted by molar-refractivity contribution is 5.95. The normalized spacial score (nSPS) is 11.6. The van der Waals surface area contributed by atoms with E-state index in [0.29, 0.717) is 0 Å². The summed E-state index contributed by atoms with van der Waals surface area (Å²) in [5.74, 6) is -0.183. The van der Waals surface area contributed by atoms with Gasteiger partial charge < -0.3 is 9.62 Å². The maximum atomic E-state index is 10.1. The zero-order valence-electron chi connectivity index (χ0n) is 6.22. The summed E-state index contributed by atoms with van der Waals surface area (Å²) < 4.78 is 4.71. The summed E-state index contributed by atoms with van der Waals surface area (Å²) in [4.78, 5) is 9.48. The zero-order chi connectivity index (χ0) is 9.14. The molecule has 12 heavy (non-hydrogen) atoms. The first-order valence-electron chi connectivity index (χ1n) is 3.08. The average Bonchev–Trinajstić information content (AvgIpc) is 2.51. The minimum atomic E-state index is -0.659. The molecule has 0 radical (unpaired) electrons. The number of hydrogen-bond acceptors (Lipinski definition) is 5. The first-order chi connectivity index (χ1) is 5.65. The van der Waals surface area contributed by atoms with Crippen molar-refractivity contribution < 1.29 is 14.5 Å². The largest absolute Gasteiger partial charge is 0.433 e. The van der Waals surface area contributed by atoms with Gasteiger partial charge in [0.15, 0.2) is 5.76 Å². The molecule has 0 unspecified atom stereocenters. The number of hydrogen-bond donors (Lipinski definition) is 1. The van der Waals surface area contributed by atoms with Gasteiger partial charge in [0, 0.05) is 0 Å². The SMILES string of the molecule is C/C(=N\O)c1ccc([N+](=O)[O-])o1. The molecule has 0 atom stereocenters. The number of nitrogens with zero attached hydrogens (tertiary/aromatic N) is 2. The van der Waals surface area contributed by atoms with Crippen LogP contribution in [-0.2, 0) is 0 Å². The van der Waals surface area contributed by atoms with Crippen LogP contribution in [0.5, 0.6) is 0 Å². The summed E-state index contributed by atoms with van der Waals surface area (Å²) in [5.41, 5.74) is 0.197. The second kappa shape index (κ2) is 3.04. The van der Waals surface area contributed by atoms with Gasteiger partial charge in [0.2, 0.25) is 0 Å². The Kier molecular flexibility index (Phi) is 2.09. The fraction of sp³-hybridized carbons (Fsp3) is 0.167. The summed E-state index contributed by atoms with van der Waals surface area (Å²) in [5, 5.41) is 21.3. The lowest BCUT2D eigenvalue weighted by molar-refractivity contribution is -0.402. The van der Waals surface area contributed by atoms with Gasteiger partial charge in [-0.2, -0.15) is 0 Å². The van der Waals surface area contributed by atoms with Crippen molar-refractivity contribution in [3.05, 3.63) is 28.0 Å². The van der Waals surface area contributed by atoms with Gasteiger partial charge in [0.1, 0.15) is 10.6 Å². The van der Waals surface area contributed by atoms with E-state index in [1.165, 1.54) is 19.1 Å². The van der Waals surface area contributed by atoms with Crippen LogP contribution in [0.4, 0.5) is 5.88 Å². The molecule has 0 aliphatic carbocycles. The molecule has 0 aliphatic rings. The minimum Gasteiger partial charge on any atom is -0.411 e. The summed E-state index contributed by atoms with van der Waals surface area (Å²) in [6, 6.07) is 2.57. The monoisotopic (exact) mass is 170 g/mol.